The van der Waals surface area contributed by atoms with Gasteiger partial charge in [0, 0.05) is 38.6 Å². The third-order valence-electron chi connectivity index (χ3n) is 3.94. The molecule has 2 aromatic heterocycles. The third-order valence-corrected chi connectivity index (χ3v) is 4.99. The summed E-state index contributed by atoms with van der Waals surface area (Å²) in [6.07, 6.45) is 0. The molecule has 0 aliphatic rings. The van der Waals surface area contributed by atoms with Gasteiger partial charge in [-0.05, 0) is 42.8 Å². The van der Waals surface area contributed by atoms with Crippen molar-refractivity contribution in [1.29, 1.82) is 0 Å². The number of aromatic nitrogens is 1. The Kier molecular flexibility index (Phi) is 6.22. The van der Waals surface area contributed by atoms with E-state index in [4.69, 9.17) is 0 Å². The Balaban J connectivity index is 0.000000487. The van der Waals surface area contributed by atoms with Crippen LogP contribution in [0.2, 0.25) is 0 Å². The van der Waals surface area contributed by atoms with E-state index in [9.17, 15) is 0 Å². The molecule has 24 heavy (non-hydrogen) atoms. The first-order valence-electron chi connectivity index (χ1n) is 8.78. The molecule has 0 bridgehead atoms. The first kappa shape index (κ1) is 18.3. The minimum absolute atomic E-state index is 1.29. The van der Waals surface area contributed by atoms with Crippen LogP contribution in [0.15, 0.2) is 54.6 Å². The van der Waals surface area contributed by atoms with Gasteiger partial charge in [-0.15, -0.1) is 11.3 Å². The van der Waals surface area contributed by atoms with Crippen LogP contribution in [0.3, 0.4) is 0 Å². The van der Waals surface area contributed by atoms with Crippen LogP contribution in [0.5, 0.6) is 0 Å². The summed E-state index contributed by atoms with van der Waals surface area (Å²) in [4.78, 5) is 2.70. The summed E-state index contributed by atoms with van der Waals surface area (Å²) in [5.41, 5.74) is 3.90. The molecule has 0 unspecified atom stereocenters. The van der Waals surface area contributed by atoms with E-state index in [1.165, 1.54) is 37.1 Å². The van der Waals surface area contributed by atoms with E-state index in [1.807, 2.05) is 39.0 Å². The van der Waals surface area contributed by atoms with Gasteiger partial charge in [-0.25, -0.2) is 0 Å². The molecule has 0 spiro atoms. The zero-order valence-corrected chi connectivity index (χ0v) is 16.4. The first-order valence-corrected chi connectivity index (χ1v) is 9.60. The molecule has 0 radical (unpaired) electrons. The summed E-state index contributed by atoms with van der Waals surface area (Å²) in [6.45, 7) is 10.2. The fourth-order valence-electron chi connectivity index (χ4n) is 2.91. The lowest BCUT2D eigenvalue weighted by atomic mass is 10.1. The average molecular weight is 338 g/mol. The van der Waals surface area contributed by atoms with Gasteiger partial charge in [0.25, 0.3) is 0 Å². The molecular formula is C22H27NS. The lowest BCUT2D eigenvalue weighted by Crippen LogP contribution is -1.85. The van der Waals surface area contributed by atoms with Gasteiger partial charge < -0.3 is 4.57 Å². The molecule has 0 fully saturated rings. The lowest BCUT2D eigenvalue weighted by molar-refractivity contribution is 1.01. The maximum absolute atomic E-state index is 2.32. The molecule has 0 aliphatic heterocycles. The molecule has 0 atom stereocenters. The zero-order valence-electron chi connectivity index (χ0n) is 15.6. The molecule has 2 aromatic carbocycles. The predicted octanol–water partition coefficient (Wildman–Crippen LogP) is 7.42. The summed E-state index contributed by atoms with van der Waals surface area (Å²) >= 11 is 1.85. The van der Waals surface area contributed by atoms with Crippen LogP contribution < -0.4 is 0 Å². The summed E-state index contributed by atoms with van der Waals surface area (Å²) in [5.74, 6) is 0. The van der Waals surface area contributed by atoms with Gasteiger partial charge in [-0.3, -0.25) is 0 Å². The van der Waals surface area contributed by atoms with Crippen LogP contribution in [0.1, 0.15) is 32.6 Å². The molecule has 0 saturated heterocycles. The van der Waals surface area contributed by atoms with E-state index in [0.717, 1.165) is 0 Å². The minimum Gasteiger partial charge on any atom is -0.344 e. The van der Waals surface area contributed by atoms with E-state index >= 15 is 0 Å². The summed E-state index contributed by atoms with van der Waals surface area (Å²) < 4.78 is 2.27. The van der Waals surface area contributed by atoms with Crippen LogP contribution in [-0.2, 0) is 7.05 Å². The highest BCUT2D eigenvalue weighted by Crippen LogP contribution is 2.34. The Morgan fingerprint density at radius 2 is 1.42 bits per heavy atom. The third kappa shape index (κ3) is 3.25. The van der Waals surface area contributed by atoms with E-state index < -0.39 is 0 Å². The molecule has 0 aliphatic carbocycles. The zero-order chi connectivity index (χ0) is 17.7. The van der Waals surface area contributed by atoms with Crippen molar-refractivity contribution in [2.24, 2.45) is 7.05 Å². The highest BCUT2D eigenvalue weighted by molar-refractivity contribution is 7.15. The fourth-order valence-corrected chi connectivity index (χ4v) is 3.77. The van der Waals surface area contributed by atoms with Crippen molar-refractivity contribution in [3.05, 3.63) is 59.5 Å². The Morgan fingerprint density at radius 1 is 0.750 bits per heavy atom. The number of benzene rings is 2. The molecule has 0 amide bonds. The van der Waals surface area contributed by atoms with Gasteiger partial charge in [0.05, 0.1) is 0 Å². The summed E-state index contributed by atoms with van der Waals surface area (Å²) in [7, 11) is 2.14. The highest BCUT2D eigenvalue weighted by atomic mass is 32.1. The molecule has 1 nitrogen and oxygen atoms in total. The lowest BCUT2D eigenvalue weighted by Gasteiger charge is -2.00. The topological polar surface area (TPSA) is 4.93 Å². The number of thiophene rings is 1. The second-order valence-electron chi connectivity index (χ2n) is 5.22. The van der Waals surface area contributed by atoms with Gasteiger partial charge in [0.1, 0.15) is 0 Å². The number of rotatable bonds is 1. The van der Waals surface area contributed by atoms with Crippen molar-refractivity contribution in [3.63, 3.8) is 0 Å². The van der Waals surface area contributed by atoms with Crippen LogP contribution in [0.25, 0.3) is 32.2 Å². The monoisotopic (exact) mass is 337 g/mol. The molecule has 126 valence electrons. The quantitative estimate of drug-likeness (QED) is 0.340. The average Bonchev–Trinajstić information content (AvgIpc) is 3.21. The number of para-hydroxylation sites is 1. The number of aryl methyl sites for hydroxylation is 2. The molecule has 0 N–H and O–H groups in total. The van der Waals surface area contributed by atoms with Crippen LogP contribution >= 0.6 is 11.3 Å². The molecule has 4 aromatic rings. The van der Waals surface area contributed by atoms with Crippen molar-refractivity contribution < 1.29 is 0 Å². The van der Waals surface area contributed by atoms with Crippen LogP contribution in [0.4, 0.5) is 0 Å². The van der Waals surface area contributed by atoms with E-state index in [0.29, 0.717) is 0 Å². The van der Waals surface area contributed by atoms with E-state index in [-0.39, 0.29) is 0 Å². The predicted molar refractivity (Wildman–Crippen MR) is 111 cm³/mol. The Hall–Kier alpha value is -2.06. The second kappa shape index (κ2) is 8.16. The fraction of sp³-hybridized carbons (Fsp3) is 0.273. The van der Waals surface area contributed by atoms with Crippen molar-refractivity contribution >= 4 is 33.1 Å². The maximum atomic E-state index is 2.32. The first-order chi connectivity index (χ1) is 11.7. The summed E-state index contributed by atoms with van der Waals surface area (Å²) in [5, 5.41) is 2.67. The molecule has 2 heteroatoms. The molecule has 4 rings (SSSR count). The van der Waals surface area contributed by atoms with Crippen molar-refractivity contribution in [1.82, 2.24) is 4.57 Å². The number of fused-ring (bicyclic) bond motifs is 3. The standard InChI is InChI=1S/C18H15NS.2C2H6/c1-12-7-10-18(20-12)13-8-9-17-15(11-13)14-5-3-4-6-16(14)19(17)2;2*1-2/h3-11H,1-2H3;2*1-2H3. The van der Waals surface area contributed by atoms with Crippen LogP contribution in [-0.4, -0.2) is 4.57 Å². The summed E-state index contributed by atoms with van der Waals surface area (Å²) in [6, 6.07) is 19.8. The minimum atomic E-state index is 1.29. The maximum Gasteiger partial charge on any atom is 0.0489 e. The number of hydrogen-bond donors (Lipinski definition) is 0. The Labute approximate surface area is 149 Å². The molecular weight excluding hydrogens is 310 g/mol. The molecule has 0 saturated carbocycles. The van der Waals surface area contributed by atoms with Crippen molar-refractivity contribution in [2.45, 2.75) is 34.6 Å². The van der Waals surface area contributed by atoms with Crippen molar-refractivity contribution in [2.75, 3.05) is 0 Å². The van der Waals surface area contributed by atoms with Crippen molar-refractivity contribution in [3.8, 4) is 10.4 Å². The van der Waals surface area contributed by atoms with Gasteiger partial charge in [0.15, 0.2) is 0 Å². The van der Waals surface area contributed by atoms with Gasteiger partial charge >= 0.3 is 0 Å². The van der Waals surface area contributed by atoms with E-state index in [1.54, 1.807) is 0 Å². The Morgan fingerprint density at radius 3 is 2.08 bits per heavy atom. The normalized spacial score (nSPS) is 10.1. The second-order valence-corrected chi connectivity index (χ2v) is 6.51. The molecule has 2 heterocycles. The van der Waals surface area contributed by atoms with E-state index in [2.05, 4.69) is 73.1 Å². The largest absolute Gasteiger partial charge is 0.344 e. The Bertz CT molecular complexity index is 928. The van der Waals surface area contributed by atoms with Gasteiger partial charge in [-0.2, -0.15) is 0 Å². The number of hydrogen-bond acceptors (Lipinski definition) is 1. The van der Waals surface area contributed by atoms with Gasteiger partial charge in [-0.1, -0.05) is 52.0 Å². The SMILES string of the molecule is CC.CC.Cc1ccc(-c2ccc3c(c2)c2ccccc2n3C)s1. The number of nitrogens with zero attached hydrogens (tertiary/aromatic N) is 1. The highest BCUT2D eigenvalue weighted by Gasteiger charge is 2.09. The van der Waals surface area contributed by atoms with Crippen LogP contribution in [0, 0.1) is 6.92 Å². The van der Waals surface area contributed by atoms with Gasteiger partial charge in [0.2, 0.25) is 0 Å². The smallest absolute Gasteiger partial charge is 0.0489 e.